The number of esters is 1. The Morgan fingerprint density at radius 1 is 0.622 bits per heavy atom. The van der Waals surface area contributed by atoms with E-state index in [9.17, 15) is 19.2 Å². The van der Waals surface area contributed by atoms with Gasteiger partial charge in [0.25, 0.3) is 0 Å². The highest BCUT2D eigenvalue weighted by Crippen LogP contribution is 2.17. The summed E-state index contributed by atoms with van der Waals surface area (Å²) in [6, 6.07) is 25.0. The minimum atomic E-state index is -1.50. The Labute approximate surface area is 214 Å². The Balaban J connectivity index is 1.80. The highest BCUT2D eigenvalue weighted by atomic mass is 16.6. The number of amides is 3. The molecule has 3 rings (SSSR count). The highest BCUT2D eigenvalue weighted by molar-refractivity contribution is 5.94. The van der Waals surface area contributed by atoms with Gasteiger partial charge in [-0.25, -0.2) is 14.4 Å². The standard InChI is InChI=1S/C28H28N2O7/c29-25(31)17-16-24(26(32)35-18-21-10-4-1-5-11-21)30(27(33)36-19-22-12-6-2-7-13-22)28(34)37-20-23-14-8-3-9-15-23/h1-15,24H,16-20H2,(H2,29,31)/t24-/m1/s1. The molecule has 0 bridgehead atoms. The van der Waals surface area contributed by atoms with Crippen molar-refractivity contribution in [2.24, 2.45) is 5.73 Å². The van der Waals surface area contributed by atoms with Crippen molar-refractivity contribution in [2.45, 2.75) is 38.7 Å². The average molecular weight is 505 g/mol. The second-order valence-corrected chi connectivity index (χ2v) is 8.06. The van der Waals surface area contributed by atoms with Crippen molar-refractivity contribution in [1.82, 2.24) is 4.90 Å². The predicted octanol–water partition coefficient (Wildman–Crippen LogP) is 4.34. The van der Waals surface area contributed by atoms with Gasteiger partial charge in [0.05, 0.1) is 0 Å². The molecule has 0 saturated carbocycles. The molecule has 0 fully saturated rings. The lowest BCUT2D eigenvalue weighted by molar-refractivity contribution is -0.150. The van der Waals surface area contributed by atoms with Gasteiger partial charge < -0.3 is 19.9 Å². The summed E-state index contributed by atoms with van der Waals surface area (Å²) in [6.07, 6.45) is -2.77. The summed E-state index contributed by atoms with van der Waals surface area (Å²) in [6.45, 7) is -0.397. The third-order valence-electron chi connectivity index (χ3n) is 5.28. The first kappa shape index (κ1) is 26.9. The Hall–Kier alpha value is -4.66. The van der Waals surface area contributed by atoms with Crippen LogP contribution in [0.5, 0.6) is 0 Å². The molecule has 9 nitrogen and oxygen atoms in total. The fourth-order valence-electron chi connectivity index (χ4n) is 3.36. The molecule has 0 aliphatic carbocycles. The normalized spacial score (nSPS) is 11.1. The molecule has 37 heavy (non-hydrogen) atoms. The van der Waals surface area contributed by atoms with Gasteiger partial charge in [0, 0.05) is 6.42 Å². The van der Waals surface area contributed by atoms with Gasteiger partial charge in [0.2, 0.25) is 5.91 Å². The number of carbonyl (C=O) groups excluding carboxylic acids is 4. The molecule has 0 aliphatic heterocycles. The SMILES string of the molecule is NC(=O)CC[C@H](C(=O)OCc1ccccc1)N(C(=O)OCc1ccccc1)C(=O)OCc1ccccc1. The van der Waals surface area contributed by atoms with Crippen LogP contribution in [0.2, 0.25) is 0 Å². The molecule has 0 saturated heterocycles. The van der Waals surface area contributed by atoms with Crippen LogP contribution in [0, 0.1) is 0 Å². The number of benzene rings is 3. The zero-order valence-electron chi connectivity index (χ0n) is 20.2. The van der Waals surface area contributed by atoms with E-state index in [0.29, 0.717) is 21.6 Å². The van der Waals surface area contributed by atoms with E-state index >= 15 is 0 Å². The van der Waals surface area contributed by atoms with Crippen LogP contribution in [0.4, 0.5) is 9.59 Å². The summed E-state index contributed by atoms with van der Waals surface area (Å²) in [5, 5.41) is 0. The lowest BCUT2D eigenvalue weighted by Gasteiger charge is -2.27. The third kappa shape index (κ3) is 8.81. The molecule has 9 heteroatoms. The molecule has 1 atom stereocenters. The molecule has 2 N–H and O–H groups in total. The molecule has 0 spiro atoms. The fourth-order valence-corrected chi connectivity index (χ4v) is 3.36. The molecular weight excluding hydrogens is 476 g/mol. The largest absolute Gasteiger partial charge is 0.459 e. The maximum absolute atomic E-state index is 13.1. The minimum Gasteiger partial charge on any atom is -0.459 e. The molecule has 0 aliphatic rings. The second-order valence-electron chi connectivity index (χ2n) is 8.06. The van der Waals surface area contributed by atoms with E-state index in [2.05, 4.69) is 0 Å². The van der Waals surface area contributed by atoms with E-state index in [1.165, 1.54) is 0 Å². The summed E-state index contributed by atoms with van der Waals surface area (Å²) >= 11 is 0. The van der Waals surface area contributed by atoms with Gasteiger partial charge in [-0.3, -0.25) is 4.79 Å². The summed E-state index contributed by atoms with van der Waals surface area (Å²) in [7, 11) is 0. The zero-order chi connectivity index (χ0) is 26.5. The number of ether oxygens (including phenoxy) is 3. The van der Waals surface area contributed by atoms with Crippen molar-refractivity contribution >= 4 is 24.1 Å². The molecule has 0 unspecified atom stereocenters. The van der Waals surface area contributed by atoms with Crippen LogP contribution in [0.1, 0.15) is 29.5 Å². The predicted molar refractivity (Wildman–Crippen MR) is 134 cm³/mol. The lowest BCUT2D eigenvalue weighted by atomic mass is 10.1. The van der Waals surface area contributed by atoms with Gasteiger partial charge in [0.15, 0.2) is 0 Å². The average Bonchev–Trinajstić information content (AvgIpc) is 2.93. The summed E-state index contributed by atoms with van der Waals surface area (Å²) in [5.41, 5.74) is 7.34. The van der Waals surface area contributed by atoms with Crippen molar-refractivity contribution in [3.8, 4) is 0 Å². The number of primary amides is 1. The van der Waals surface area contributed by atoms with E-state index < -0.39 is 30.1 Å². The van der Waals surface area contributed by atoms with Gasteiger partial charge >= 0.3 is 18.2 Å². The van der Waals surface area contributed by atoms with E-state index in [4.69, 9.17) is 19.9 Å². The number of hydrogen-bond acceptors (Lipinski definition) is 7. The molecule has 0 radical (unpaired) electrons. The topological polar surface area (TPSA) is 125 Å². The number of carbonyl (C=O) groups is 4. The maximum atomic E-state index is 13.1. The van der Waals surface area contributed by atoms with E-state index in [1.807, 2.05) is 6.07 Å². The Morgan fingerprint density at radius 2 is 1.00 bits per heavy atom. The van der Waals surface area contributed by atoms with E-state index in [-0.39, 0.29) is 32.7 Å². The monoisotopic (exact) mass is 504 g/mol. The molecule has 0 aromatic heterocycles. The van der Waals surface area contributed by atoms with E-state index in [1.54, 1.807) is 84.9 Å². The summed E-state index contributed by atoms with van der Waals surface area (Å²) in [4.78, 5) is 51.4. The van der Waals surface area contributed by atoms with Crippen molar-refractivity contribution in [1.29, 1.82) is 0 Å². The molecule has 3 aromatic carbocycles. The Morgan fingerprint density at radius 3 is 1.38 bits per heavy atom. The van der Waals surface area contributed by atoms with Crippen LogP contribution in [0.3, 0.4) is 0 Å². The first-order valence-electron chi connectivity index (χ1n) is 11.6. The number of imide groups is 1. The first-order chi connectivity index (χ1) is 17.9. The zero-order valence-corrected chi connectivity index (χ0v) is 20.2. The number of nitrogens with two attached hydrogens (primary N) is 1. The molecule has 3 amide bonds. The van der Waals surface area contributed by atoms with Crippen molar-refractivity contribution in [3.05, 3.63) is 108 Å². The van der Waals surface area contributed by atoms with E-state index in [0.717, 1.165) is 0 Å². The summed E-state index contributed by atoms with van der Waals surface area (Å²) < 4.78 is 16.0. The van der Waals surface area contributed by atoms with Crippen LogP contribution < -0.4 is 5.73 Å². The molecule has 3 aromatic rings. The van der Waals surface area contributed by atoms with Gasteiger partial charge in [-0.05, 0) is 23.1 Å². The molecule has 192 valence electrons. The minimum absolute atomic E-state index is 0.0985. The number of nitrogens with zero attached hydrogens (tertiary/aromatic N) is 1. The fraction of sp³-hybridized carbons (Fsp3) is 0.214. The highest BCUT2D eigenvalue weighted by Gasteiger charge is 2.38. The van der Waals surface area contributed by atoms with Gasteiger partial charge in [-0.1, -0.05) is 91.0 Å². The van der Waals surface area contributed by atoms with Crippen molar-refractivity contribution in [3.63, 3.8) is 0 Å². The van der Waals surface area contributed by atoms with Crippen LogP contribution in [0.15, 0.2) is 91.0 Å². The Kier molecular flexibility index (Phi) is 10.2. The Bertz CT molecular complexity index is 1120. The smallest absolute Gasteiger partial charge is 0.420 e. The summed E-state index contributed by atoms with van der Waals surface area (Å²) in [5.74, 6) is -1.62. The van der Waals surface area contributed by atoms with Crippen molar-refractivity contribution in [2.75, 3.05) is 0 Å². The number of rotatable bonds is 11. The third-order valence-corrected chi connectivity index (χ3v) is 5.28. The van der Waals surface area contributed by atoms with Crippen LogP contribution in [-0.2, 0) is 43.6 Å². The molecule has 0 heterocycles. The lowest BCUT2D eigenvalue weighted by Crippen LogP contribution is -2.50. The van der Waals surface area contributed by atoms with Gasteiger partial charge in [-0.15, -0.1) is 0 Å². The first-order valence-corrected chi connectivity index (χ1v) is 11.6. The van der Waals surface area contributed by atoms with Crippen LogP contribution >= 0.6 is 0 Å². The van der Waals surface area contributed by atoms with Crippen LogP contribution in [-0.4, -0.2) is 35.0 Å². The van der Waals surface area contributed by atoms with Crippen LogP contribution in [0.25, 0.3) is 0 Å². The second kappa shape index (κ2) is 14.0. The van der Waals surface area contributed by atoms with Gasteiger partial charge in [0.1, 0.15) is 25.9 Å². The van der Waals surface area contributed by atoms with Crippen molar-refractivity contribution < 1.29 is 33.4 Å². The molecular formula is C28H28N2O7. The maximum Gasteiger partial charge on any atom is 0.420 e. The quantitative estimate of drug-likeness (QED) is 0.304. The number of hydrogen-bond donors (Lipinski definition) is 1. The van der Waals surface area contributed by atoms with Gasteiger partial charge in [-0.2, -0.15) is 4.90 Å².